The van der Waals surface area contributed by atoms with Crippen molar-refractivity contribution in [2.75, 3.05) is 13.2 Å². The molecule has 0 aromatic carbocycles. The monoisotopic (exact) mass is 710 g/mol. The maximum atomic E-state index is 13.1. The fraction of sp³-hybridized carbons (Fsp3) is 0.738. The van der Waals surface area contributed by atoms with Gasteiger partial charge in [-0.3, -0.25) is 0 Å². The smallest absolute Gasteiger partial charge is 0.330 e. The molecule has 0 aromatic rings. The first-order valence-electron chi connectivity index (χ1n) is 19.0. The predicted octanol–water partition coefficient (Wildman–Crippen LogP) is 6.41. The van der Waals surface area contributed by atoms with Gasteiger partial charge in [-0.15, -0.1) is 0 Å². The number of fused-ring (bicyclic) bond motifs is 7. The molecule has 4 saturated carbocycles. The van der Waals surface area contributed by atoms with Crippen LogP contribution in [0.5, 0.6) is 0 Å². The zero-order valence-corrected chi connectivity index (χ0v) is 32.2. The summed E-state index contributed by atoms with van der Waals surface area (Å²) in [4.78, 5) is 38.3. The second-order valence-corrected chi connectivity index (χ2v) is 18.0. The Morgan fingerprint density at radius 1 is 0.765 bits per heavy atom. The number of hydrogen-bond donors (Lipinski definition) is 3. The first kappa shape index (κ1) is 39.5. The average molecular weight is 711 g/mol. The molecule has 3 N–H and O–H groups in total. The SMILES string of the molecule is CC=CC(=O)OC[C@@]12C(CC(C)(C)[C@@H](O)[C@@H]1OC(=O)C=CC)C1=CCC3[C@@]4(C)CC[C@H](O)[C@](C)(COC(=O)C=CC)C4CC[C@@]3(C)[C@]1(C)C[C@H]2O. The van der Waals surface area contributed by atoms with E-state index in [9.17, 15) is 29.7 Å². The second-order valence-electron chi connectivity index (χ2n) is 18.0. The van der Waals surface area contributed by atoms with Crippen molar-refractivity contribution in [3.05, 3.63) is 48.1 Å². The Hall–Kier alpha value is -2.75. The molecule has 51 heavy (non-hydrogen) atoms. The number of allylic oxidation sites excluding steroid dienone is 5. The lowest BCUT2D eigenvalue weighted by Crippen LogP contribution is -2.72. The van der Waals surface area contributed by atoms with Gasteiger partial charge in [-0.25, -0.2) is 14.4 Å². The van der Waals surface area contributed by atoms with E-state index in [4.69, 9.17) is 14.2 Å². The summed E-state index contributed by atoms with van der Waals surface area (Å²) in [5.41, 5.74) is -2.28. The van der Waals surface area contributed by atoms with Crippen molar-refractivity contribution in [3.63, 3.8) is 0 Å². The molecule has 0 radical (unpaired) electrons. The standard InChI is InChI=1S/C42H62O9/c1-10-13-32(45)49-24-39(7)28-18-21-40(8)29(38(28,6)20-19-30(39)43)17-16-26-27-22-37(4,5)35(48)36(51-34(47)15-12-3)42(27,25-50-33(46)14-11-2)31(44)23-41(26,40)9/h10-16,27-31,35-36,43-44,48H,17-25H2,1-9H3/t27?,28?,29?,30-,31+,35-,36-,38-,39+,40+,41+,42-/m0/s1. The van der Waals surface area contributed by atoms with E-state index in [-0.39, 0.29) is 41.8 Å². The number of rotatable bonds is 8. The molecular formula is C42H62O9. The minimum atomic E-state index is -1.27. The molecule has 4 fully saturated rings. The Labute approximate surface area is 304 Å². The van der Waals surface area contributed by atoms with Gasteiger partial charge in [-0.2, -0.15) is 0 Å². The summed E-state index contributed by atoms with van der Waals surface area (Å²) in [5, 5.41) is 36.0. The lowest BCUT2D eigenvalue weighted by molar-refractivity contribution is -0.264. The van der Waals surface area contributed by atoms with E-state index in [1.54, 1.807) is 39.0 Å². The summed E-state index contributed by atoms with van der Waals surface area (Å²) >= 11 is 0. The molecule has 0 spiro atoms. The van der Waals surface area contributed by atoms with Gasteiger partial charge in [-0.05, 0) is 105 Å². The normalized spacial score (nSPS) is 44.5. The van der Waals surface area contributed by atoms with E-state index in [0.717, 1.165) is 25.7 Å². The van der Waals surface area contributed by atoms with Gasteiger partial charge in [-0.1, -0.05) is 71.4 Å². The maximum Gasteiger partial charge on any atom is 0.330 e. The summed E-state index contributed by atoms with van der Waals surface area (Å²) in [6, 6.07) is 0. The molecule has 12 atom stereocenters. The van der Waals surface area contributed by atoms with Crippen LogP contribution in [-0.4, -0.2) is 70.9 Å². The number of hydrogen-bond acceptors (Lipinski definition) is 9. The minimum Gasteiger partial charge on any atom is -0.462 e. The number of ether oxygens (including phenoxy) is 3. The van der Waals surface area contributed by atoms with Crippen LogP contribution >= 0.6 is 0 Å². The molecule has 0 heterocycles. The Balaban J connectivity index is 1.61. The highest BCUT2D eigenvalue weighted by Gasteiger charge is 2.73. The lowest BCUT2D eigenvalue weighted by Gasteiger charge is -2.72. The zero-order chi connectivity index (χ0) is 37.8. The Kier molecular flexibility index (Phi) is 10.8. The molecule has 0 amide bonds. The van der Waals surface area contributed by atoms with Crippen molar-refractivity contribution in [2.24, 2.45) is 50.2 Å². The van der Waals surface area contributed by atoms with Gasteiger partial charge in [0.2, 0.25) is 0 Å². The lowest BCUT2D eigenvalue weighted by atomic mass is 9.33. The van der Waals surface area contributed by atoms with Crippen LogP contribution in [0.2, 0.25) is 0 Å². The highest BCUT2D eigenvalue weighted by molar-refractivity contribution is 5.83. The van der Waals surface area contributed by atoms with E-state index in [2.05, 4.69) is 33.8 Å². The summed E-state index contributed by atoms with van der Waals surface area (Å²) < 4.78 is 17.7. The summed E-state index contributed by atoms with van der Waals surface area (Å²) in [6.45, 7) is 18.2. The number of carbonyl (C=O) groups is 3. The molecule has 5 aliphatic rings. The molecule has 3 unspecified atom stereocenters. The van der Waals surface area contributed by atoms with Crippen LogP contribution in [0.4, 0.5) is 0 Å². The van der Waals surface area contributed by atoms with Crippen LogP contribution in [0, 0.1) is 50.2 Å². The number of aliphatic hydroxyl groups excluding tert-OH is 3. The molecular weight excluding hydrogens is 648 g/mol. The van der Waals surface area contributed by atoms with Crippen LogP contribution < -0.4 is 0 Å². The van der Waals surface area contributed by atoms with Crippen molar-refractivity contribution in [1.82, 2.24) is 0 Å². The van der Waals surface area contributed by atoms with Gasteiger partial charge in [0.15, 0.2) is 0 Å². The first-order valence-corrected chi connectivity index (χ1v) is 19.0. The Bertz CT molecular complexity index is 1490. The van der Waals surface area contributed by atoms with E-state index in [0.29, 0.717) is 19.3 Å². The summed E-state index contributed by atoms with van der Waals surface area (Å²) in [7, 11) is 0. The third-order valence-electron chi connectivity index (χ3n) is 15.0. The molecule has 0 aliphatic heterocycles. The van der Waals surface area contributed by atoms with E-state index in [1.807, 2.05) is 13.8 Å². The highest BCUT2D eigenvalue weighted by atomic mass is 16.6. The van der Waals surface area contributed by atoms with Gasteiger partial charge in [0.05, 0.1) is 30.3 Å². The Morgan fingerprint density at radius 2 is 1.35 bits per heavy atom. The topological polar surface area (TPSA) is 140 Å². The van der Waals surface area contributed by atoms with Crippen LogP contribution in [0.3, 0.4) is 0 Å². The van der Waals surface area contributed by atoms with Crippen molar-refractivity contribution in [1.29, 1.82) is 0 Å². The molecule has 5 rings (SSSR count). The van der Waals surface area contributed by atoms with E-state index >= 15 is 0 Å². The maximum absolute atomic E-state index is 13.1. The molecule has 9 heteroatoms. The zero-order valence-electron chi connectivity index (χ0n) is 32.2. The highest BCUT2D eigenvalue weighted by Crippen LogP contribution is 2.76. The number of carbonyl (C=O) groups excluding carboxylic acids is 3. The number of esters is 3. The summed E-state index contributed by atoms with van der Waals surface area (Å²) in [5.74, 6) is -1.59. The minimum absolute atomic E-state index is 0.113. The van der Waals surface area contributed by atoms with Crippen LogP contribution in [0.15, 0.2) is 48.1 Å². The molecule has 284 valence electrons. The third kappa shape index (κ3) is 6.07. The van der Waals surface area contributed by atoms with Gasteiger partial charge in [0, 0.05) is 23.6 Å². The van der Waals surface area contributed by atoms with Crippen molar-refractivity contribution in [3.8, 4) is 0 Å². The largest absolute Gasteiger partial charge is 0.462 e. The fourth-order valence-electron chi connectivity index (χ4n) is 12.1. The molecule has 0 bridgehead atoms. The quantitative estimate of drug-likeness (QED) is 0.113. The van der Waals surface area contributed by atoms with Gasteiger partial charge in [0.1, 0.15) is 12.7 Å². The van der Waals surface area contributed by atoms with Crippen LogP contribution in [0.25, 0.3) is 0 Å². The Morgan fingerprint density at radius 3 is 1.96 bits per heavy atom. The van der Waals surface area contributed by atoms with Crippen LogP contribution in [0.1, 0.15) is 107 Å². The van der Waals surface area contributed by atoms with Crippen molar-refractivity contribution >= 4 is 17.9 Å². The average Bonchev–Trinajstić information content (AvgIpc) is 3.05. The van der Waals surface area contributed by atoms with E-state index in [1.165, 1.54) is 23.8 Å². The predicted molar refractivity (Wildman–Crippen MR) is 194 cm³/mol. The van der Waals surface area contributed by atoms with Crippen molar-refractivity contribution in [2.45, 2.75) is 132 Å². The first-order chi connectivity index (χ1) is 23.8. The molecule has 0 saturated heterocycles. The summed E-state index contributed by atoms with van der Waals surface area (Å²) in [6.07, 6.45) is 12.1. The molecule has 5 aliphatic carbocycles. The van der Waals surface area contributed by atoms with E-state index < -0.39 is 64.0 Å². The van der Waals surface area contributed by atoms with Crippen molar-refractivity contribution < 1.29 is 43.9 Å². The van der Waals surface area contributed by atoms with Gasteiger partial charge in [0.25, 0.3) is 0 Å². The number of aliphatic hydroxyl groups is 3. The molecule has 9 nitrogen and oxygen atoms in total. The third-order valence-corrected chi connectivity index (χ3v) is 15.0. The molecule has 0 aromatic heterocycles. The van der Waals surface area contributed by atoms with Gasteiger partial charge < -0.3 is 29.5 Å². The van der Waals surface area contributed by atoms with Crippen LogP contribution in [-0.2, 0) is 28.6 Å². The van der Waals surface area contributed by atoms with Gasteiger partial charge >= 0.3 is 17.9 Å². The second kappa shape index (κ2) is 13.9. The fourth-order valence-corrected chi connectivity index (χ4v) is 12.1.